The van der Waals surface area contributed by atoms with Crippen molar-refractivity contribution in [3.8, 4) is 0 Å². The average molecular weight is 338 g/mol. The minimum Gasteiger partial charge on any atom is -0.399 e. The normalized spacial score (nSPS) is 18.3. The van der Waals surface area contributed by atoms with Gasteiger partial charge in [-0.3, -0.25) is 14.7 Å². The van der Waals surface area contributed by atoms with Crippen LogP contribution in [0.5, 0.6) is 0 Å². The zero-order valence-electron chi connectivity index (χ0n) is 13.6. The highest BCUT2D eigenvalue weighted by molar-refractivity contribution is 8.18. The van der Waals surface area contributed by atoms with Crippen LogP contribution in [0.1, 0.15) is 19.4 Å². The first-order chi connectivity index (χ1) is 11.6. The number of hydrogen-bond donors (Lipinski definition) is 1. The summed E-state index contributed by atoms with van der Waals surface area (Å²) in [4.78, 5) is 23.8. The molecule has 0 saturated carbocycles. The summed E-state index contributed by atoms with van der Waals surface area (Å²) in [6.07, 6.45) is 3.38. The van der Waals surface area contributed by atoms with E-state index in [0.29, 0.717) is 22.3 Å². The third-order valence-corrected chi connectivity index (χ3v) is 4.91. The van der Waals surface area contributed by atoms with Gasteiger partial charge in [-0.1, -0.05) is 12.1 Å². The number of pyridine rings is 1. The van der Waals surface area contributed by atoms with Gasteiger partial charge >= 0.3 is 0 Å². The fraction of sp³-hybridized carbons (Fsp3) is 0.167. The number of nitrogens with zero attached hydrogens (tertiary/aromatic N) is 3. The number of nitrogen functional groups attached to an aromatic ring is 1. The summed E-state index contributed by atoms with van der Waals surface area (Å²) in [6, 6.07) is 11.2. The van der Waals surface area contributed by atoms with Gasteiger partial charge in [0, 0.05) is 18.4 Å². The van der Waals surface area contributed by atoms with Crippen LogP contribution in [0, 0.1) is 0 Å². The predicted molar refractivity (Wildman–Crippen MR) is 99.8 cm³/mol. The Morgan fingerprint density at radius 3 is 2.67 bits per heavy atom. The highest BCUT2D eigenvalue weighted by Crippen LogP contribution is 2.37. The van der Waals surface area contributed by atoms with Crippen LogP contribution in [0.3, 0.4) is 0 Å². The number of allylic oxidation sites excluding steroid dienone is 1. The molecule has 0 atom stereocenters. The van der Waals surface area contributed by atoms with Gasteiger partial charge in [0.15, 0.2) is 5.17 Å². The molecule has 1 aromatic heterocycles. The Bertz CT molecular complexity index is 813. The molecule has 1 aliphatic rings. The second kappa shape index (κ2) is 6.88. The summed E-state index contributed by atoms with van der Waals surface area (Å²) in [7, 11) is 0. The first-order valence-electron chi connectivity index (χ1n) is 7.65. The number of amidine groups is 1. The molecule has 1 amide bonds. The maximum absolute atomic E-state index is 12.7. The number of carbonyl (C=O) groups is 1. The molecule has 1 saturated heterocycles. The maximum Gasteiger partial charge on any atom is 0.267 e. The van der Waals surface area contributed by atoms with Crippen LogP contribution in [0.25, 0.3) is 5.57 Å². The first kappa shape index (κ1) is 16.3. The number of amides is 1. The quantitative estimate of drug-likeness (QED) is 0.684. The molecule has 1 aromatic carbocycles. The molecule has 1 fully saturated rings. The fourth-order valence-electron chi connectivity index (χ4n) is 2.39. The lowest BCUT2D eigenvalue weighted by Gasteiger charge is -2.12. The van der Waals surface area contributed by atoms with Gasteiger partial charge in [-0.2, -0.15) is 0 Å². The van der Waals surface area contributed by atoms with E-state index in [-0.39, 0.29) is 5.91 Å². The van der Waals surface area contributed by atoms with E-state index in [4.69, 9.17) is 5.73 Å². The molecule has 0 aliphatic carbocycles. The largest absolute Gasteiger partial charge is 0.399 e. The minimum atomic E-state index is -0.0144. The molecule has 3 rings (SSSR count). The highest BCUT2D eigenvalue weighted by Gasteiger charge is 2.33. The van der Waals surface area contributed by atoms with Crippen LogP contribution in [0.2, 0.25) is 0 Å². The van der Waals surface area contributed by atoms with E-state index in [1.165, 1.54) is 11.8 Å². The van der Waals surface area contributed by atoms with Crippen LogP contribution < -0.4 is 5.73 Å². The fourth-order valence-corrected chi connectivity index (χ4v) is 3.52. The lowest BCUT2D eigenvalue weighted by molar-refractivity contribution is -0.122. The van der Waals surface area contributed by atoms with Crippen molar-refractivity contribution in [1.29, 1.82) is 0 Å². The van der Waals surface area contributed by atoms with Crippen molar-refractivity contribution >= 4 is 39.8 Å². The Morgan fingerprint density at radius 1 is 1.29 bits per heavy atom. The standard InChI is InChI=1S/C18H18N4OS/c1-3-22-17(23)16(12(2)13-6-8-14(19)9-7-13)24-18(22)21-15-5-4-10-20-11-15/h4-11H,3,19H2,1-2H3/b16-12-,21-18?. The molecule has 1 aliphatic heterocycles. The van der Waals surface area contributed by atoms with E-state index in [2.05, 4.69) is 9.98 Å². The molecule has 0 unspecified atom stereocenters. The van der Waals surface area contributed by atoms with Gasteiger partial charge < -0.3 is 5.73 Å². The summed E-state index contributed by atoms with van der Waals surface area (Å²) in [5.74, 6) is -0.0144. The minimum absolute atomic E-state index is 0.0144. The number of thioether (sulfide) groups is 1. The summed E-state index contributed by atoms with van der Waals surface area (Å²) < 4.78 is 0. The SMILES string of the molecule is CCN1C(=O)/C(=C(\C)c2ccc(N)cc2)SC1=Nc1cccnc1. The van der Waals surface area contributed by atoms with Gasteiger partial charge in [-0.05, 0) is 61.0 Å². The maximum atomic E-state index is 12.7. The number of anilines is 1. The van der Waals surface area contributed by atoms with E-state index in [1.54, 1.807) is 17.3 Å². The van der Waals surface area contributed by atoms with E-state index in [0.717, 1.165) is 16.8 Å². The average Bonchev–Trinajstić information content (AvgIpc) is 2.91. The van der Waals surface area contributed by atoms with Crippen LogP contribution >= 0.6 is 11.8 Å². The molecule has 2 heterocycles. The lowest BCUT2D eigenvalue weighted by atomic mass is 10.1. The number of aromatic nitrogens is 1. The van der Waals surface area contributed by atoms with Crippen molar-refractivity contribution in [1.82, 2.24) is 9.88 Å². The van der Waals surface area contributed by atoms with E-state index in [1.807, 2.05) is 50.2 Å². The van der Waals surface area contributed by atoms with Crippen LogP contribution in [0.15, 0.2) is 58.7 Å². The summed E-state index contributed by atoms with van der Waals surface area (Å²) in [5, 5.41) is 0.681. The number of carbonyl (C=O) groups excluding carboxylic acids is 1. The number of hydrogen-bond acceptors (Lipinski definition) is 5. The monoisotopic (exact) mass is 338 g/mol. The molecular formula is C18H18N4OS. The van der Waals surface area contributed by atoms with Gasteiger partial charge in [0.1, 0.15) is 0 Å². The number of benzene rings is 1. The van der Waals surface area contributed by atoms with E-state index < -0.39 is 0 Å². The Morgan fingerprint density at radius 2 is 2.04 bits per heavy atom. The predicted octanol–water partition coefficient (Wildman–Crippen LogP) is 3.68. The third-order valence-electron chi connectivity index (χ3n) is 3.73. The van der Waals surface area contributed by atoms with Gasteiger partial charge in [0.2, 0.25) is 0 Å². The zero-order valence-corrected chi connectivity index (χ0v) is 14.4. The number of rotatable bonds is 3. The Kier molecular flexibility index (Phi) is 4.66. The second-order valence-corrected chi connectivity index (χ2v) is 6.31. The third kappa shape index (κ3) is 3.19. The van der Waals surface area contributed by atoms with Crippen molar-refractivity contribution in [2.75, 3.05) is 12.3 Å². The number of aliphatic imine (C=N–C) groups is 1. The first-order valence-corrected chi connectivity index (χ1v) is 8.47. The molecule has 5 nitrogen and oxygen atoms in total. The van der Waals surface area contributed by atoms with Crippen LogP contribution in [0.4, 0.5) is 11.4 Å². The van der Waals surface area contributed by atoms with Crippen molar-refractivity contribution in [2.45, 2.75) is 13.8 Å². The topological polar surface area (TPSA) is 71.6 Å². The highest BCUT2D eigenvalue weighted by atomic mass is 32.2. The smallest absolute Gasteiger partial charge is 0.267 e. The van der Waals surface area contributed by atoms with Gasteiger partial charge in [0.25, 0.3) is 5.91 Å². The second-order valence-electron chi connectivity index (χ2n) is 5.33. The molecule has 0 spiro atoms. The van der Waals surface area contributed by atoms with Gasteiger partial charge in [-0.25, -0.2) is 4.99 Å². The van der Waals surface area contributed by atoms with E-state index in [9.17, 15) is 4.79 Å². The molecular weight excluding hydrogens is 320 g/mol. The Hall–Kier alpha value is -2.60. The number of likely N-dealkylation sites (N-methyl/N-ethyl adjacent to an activating group) is 1. The van der Waals surface area contributed by atoms with E-state index >= 15 is 0 Å². The molecule has 0 bridgehead atoms. The molecule has 6 heteroatoms. The Labute approximate surface area is 145 Å². The molecule has 24 heavy (non-hydrogen) atoms. The lowest BCUT2D eigenvalue weighted by Crippen LogP contribution is -2.28. The van der Waals surface area contributed by atoms with Crippen LogP contribution in [-0.2, 0) is 4.79 Å². The van der Waals surface area contributed by atoms with Crippen molar-refractivity contribution < 1.29 is 4.79 Å². The molecule has 122 valence electrons. The summed E-state index contributed by atoms with van der Waals surface area (Å²) in [5.41, 5.74) is 9.09. The number of nitrogens with two attached hydrogens (primary N) is 1. The van der Waals surface area contributed by atoms with Crippen LogP contribution in [-0.4, -0.2) is 27.5 Å². The molecule has 2 aromatic rings. The zero-order chi connectivity index (χ0) is 17.1. The van der Waals surface area contributed by atoms with Gasteiger partial charge in [-0.15, -0.1) is 0 Å². The van der Waals surface area contributed by atoms with Crippen molar-refractivity contribution in [2.24, 2.45) is 4.99 Å². The van der Waals surface area contributed by atoms with Crippen molar-refractivity contribution in [3.05, 3.63) is 59.3 Å². The van der Waals surface area contributed by atoms with Crippen molar-refractivity contribution in [3.63, 3.8) is 0 Å². The summed E-state index contributed by atoms with van der Waals surface area (Å²) >= 11 is 1.40. The molecule has 0 radical (unpaired) electrons. The van der Waals surface area contributed by atoms with Gasteiger partial charge in [0.05, 0.1) is 16.8 Å². The molecule has 2 N–H and O–H groups in total. The Balaban J connectivity index is 1.99. The summed E-state index contributed by atoms with van der Waals surface area (Å²) in [6.45, 7) is 4.47.